The molecule has 1 aromatic rings. The highest BCUT2D eigenvalue weighted by Crippen LogP contribution is 2.22. The first kappa shape index (κ1) is 19.1. The van der Waals surface area contributed by atoms with Crippen LogP contribution in [0.3, 0.4) is 0 Å². The molecule has 0 N–H and O–H groups in total. The molecule has 0 unspecified atom stereocenters. The van der Waals surface area contributed by atoms with Gasteiger partial charge in [-0.1, -0.05) is 39.0 Å². The Balaban J connectivity index is 2.92. The van der Waals surface area contributed by atoms with Crippen molar-refractivity contribution in [3.8, 4) is 0 Å². The Morgan fingerprint density at radius 2 is 1.33 bits per heavy atom. The van der Waals surface area contributed by atoms with Crippen LogP contribution < -0.4 is 0 Å². The number of benzene rings is 1. The van der Waals surface area contributed by atoms with E-state index in [1.54, 1.807) is 0 Å². The lowest BCUT2D eigenvalue weighted by Crippen LogP contribution is -2.49. The SMILES string of the molecule is CCCO[Si](Cc1ccccc1I)(OCCC)OCCC. The maximum absolute atomic E-state index is 6.13. The van der Waals surface area contributed by atoms with Gasteiger partial charge >= 0.3 is 8.80 Å². The zero-order chi connectivity index (χ0) is 15.6. The first-order valence-corrected chi connectivity index (χ1v) is 10.8. The van der Waals surface area contributed by atoms with Gasteiger partial charge in [0.1, 0.15) is 0 Å². The molecule has 5 heteroatoms. The maximum atomic E-state index is 6.13. The Morgan fingerprint density at radius 3 is 1.76 bits per heavy atom. The van der Waals surface area contributed by atoms with Gasteiger partial charge in [0.05, 0.1) is 0 Å². The third kappa shape index (κ3) is 6.77. The van der Waals surface area contributed by atoms with Crippen LogP contribution in [0, 0.1) is 3.57 Å². The second-order valence-electron chi connectivity index (χ2n) is 5.00. The molecular weight excluding hydrogens is 395 g/mol. The van der Waals surface area contributed by atoms with Crippen molar-refractivity contribution in [2.45, 2.75) is 46.1 Å². The highest BCUT2D eigenvalue weighted by atomic mass is 127. The van der Waals surface area contributed by atoms with Crippen LogP contribution in [0.25, 0.3) is 0 Å². The topological polar surface area (TPSA) is 27.7 Å². The van der Waals surface area contributed by atoms with Crippen LogP contribution in [0.5, 0.6) is 0 Å². The molecule has 0 bridgehead atoms. The minimum atomic E-state index is -2.64. The fourth-order valence-corrected chi connectivity index (χ4v) is 5.74. The second-order valence-corrected chi connectivity index (χ2v) is 8.74. The Hall–Kier alpha value is 0.0469. The standard InChI is InChI=1S/C16H27IO3Si/c1-4-11-18-21(19-12-5-2,20-13-6-3)14-15-9-7-8-10-16(15)17/h7-10H,4-6,11-14H2,1-3H3. The van der Waals surface area contributed by atoms with Gasteiger partial charge in [0.15, 0.2) is 0 Å². The van der Waals surface area contributed by atoms with Crippen LogP contribution in [0.2, 0.25) is 0 Å². The summed E-state index contributed by atoms with van der Waals surface area (Å²) in [5.41, 5.74) is 1.26. The van der Waals surface area contributed by atoms with Gasteiger partial charge in [0.25, 0.3) is 0 Å². The van der Waals surface area contributed by atoms with Crippen LogP contribution in [0.1, 0.15) is 45.6 Å². The normalized spacial score (nSPS) is 11.8. The smallest absolute Gasteiger partial charge is 0.373 e. The van der Waals surface area contributed by atoms with E-state index in [2.05, 4.69) is 67.6 Å². The summed E-state index contributed by atoms with van der Waals surface area (Å²) >= 11 is 2.37. The third-order valence-electron chi connectivity index (χ3n) is 2.94. The van der Waals surface area contributed by atoms with E-state index in [0.29, 0.717) is 19.8 Å². The summed E-state index contributed by atoms with van der Waals surface area (Å²) in [6, 6.07) is 9.14. The van der Waals surface area contributed by atoms with Crippen LogP contribution in [0.15, 0.2) is 24.3 Å². The zero-order valence-electron chi connectivity index (χ0n) is 13.4. The van der Waals surface area contributed by atoms with Gasteiger partial charge in [-0.25, -0.2) is 0 Å². The van der Waals surface area contributed by atoms with Crippen molar-refractivity contribution >= 4 is 31.4 Å². The molecule has 0 saturated carbocycles. The van der Waals surface area contributed by atoms with Crippen LogP contribution in [0.4, 0.5) is 0 Å². The lowest BCUT2D eigenvalue weighted by atomic mass is 10.2. The van der Waals surface area contributed by atoms with Crippen molar-refractivity contribution in [2.24, 2.45) is 0 Å². The molecule has 120 valence electrons. The van der Waals surface area contributed by atoms with Crippen LogP contribution >= 0.6 is 22.6 Å². The fraction of sp³-hybridized carbons (Fsp3) is 0.625. The van der Waals surface area contributed by atoms with Gasteiger partial charge in [-0.3, -0.25) is 0 Å². The maximum Gasteiger partial charge on any atom is 0.505 e. The van der Waals surface area contributed by atoms with Gasteiger partial charge in [-0.15, -0.1) is 0 Å². The molecule has 1 rings (SSSR count). The van der Waals surface area contributed by atoms with Gasteiger partial charge < -0.3 is 13.3 Å². The predicted molar refractivity (Wildman–Crippen MR) is 97.3 cm³/mol. The number of rotatable bonds is 11. The summed E-state index contributed by atoms with van der Waals surface area (Å²) in [6.45, 7) is 8.44. The van der Waals surface area contributed by atoms with E-state index in [0.717, 1.165) is 25.3 Å². The minimum Gasteiger partial charge on any atom is -0.373 e. The van der Waals surface area contributed by atoms with E-state index in [4.69, 9.17) is 13.3 Å². The summed E-state index contributed by atoms with van der Waals surface area (Å²) < 4.78 is 19.6. The molecular formula is C16H27IO3Si. The number of hydrogen-bond donors (Lipinski definition) is 0. The van der Waals surface area contributed by atoms with Gasteiger partial charge in [-0.2, -0.15) is 0 Å². The molecule has 0 atom stereocenters. The van der Waals surface area contributed by atoms with Crippen molar-refractivity contribution in [3.05, 3.63) is 33.4 Å². The fourth-order valence-electron chi connectivity index (χ4n) is 1.93. The van der Waals surface area contributed by atoms with Gasteiger partial charge in [0, 0.05) is 29.4 Å². The lowest BCUT2D eigenvalue weighted by molar-refractivity contribution is 0.0583. The van der Waals surface area contributed by atoms with Crippen molar-refractivity contribution in [1.29, 1.82) is 0 Å². The van der Waals surface area contributed by atoms with E-state index in [1.807, 2.05) is 0 Å². The molecule has 0 radical (unpaired) electrons. The van der Waals surface area contributed by atoms with Crippen molar-refractivity contribution in [1.82, 2.24) is 0 Å². The third-order valence-corrected chi connectivity index (χ3v) is 6.74. The highest BCUT2D eigenvalue weighted by molar-refractivity contribution is 14.1. The zero-order valence-corrected chi connectivity index (χ0v) is 16.5. The lowest BCUT2D eigenvalue weighted by Gasteiger charge is -2.30. The van der Waals surface area contributed by atoms with Crippen LogP contribution in [-0.2, 0) is 19.3 Å². The average molecular weight is 422 g/mol. The molecule has 0 saturated heterocycles. The molecule has 0 aromatic heterocycles. The van der Waals surface area contributed by atoms with E-state index in [1.165, 1.54) is 9.13 Å². The summed E-state index contributed by atoms with van der Waals surface area (Å²) in [7, 11) is -2.64. The quantitative estimate of drug-likeness (QED) is 0.386. The highest BCUT2D eigenvalue weighted by Gasteiger charge is 2.41. The summed E-state index contributed by atoms with van der Waals surface area (Å²) in [5.74, 6) is 0. The number of hydrogen-bond acceptors (Lipinski definition) is 3. The molecule has 1 aromatic carbocycles. The van der Waals surface area contributed by atoms with Gasteiger partial charge in [0.2, 0.25) is 0 Å². The van der Waals surface area contributed by atoms with Gasteiger partial charge in [-0.05, 0) is 53.5 Å². The largest absolute Gasteiger partial charge is 0.505 e. The molecule has 0 aliphatic rings. The molecule has 0 spiro atoms. The minimum absolute atomic E-state index is 0.697. The Bertz CT molecular complexity index is 379. The second kappa shape index (κ2) is 10.7. The first-order valence-electron chi connectivity index (χ1n) is 7.82. The van der Waals surface area contributed by atoms with Crippen molar-refractivity contribution < 1.29 is 13.3 Å². The van der Waals surface area contributed by atoms with E-state index >= 15 is 0 Å². The molecule has 0 amide bonds. The molecule has 0 fully saturated rings. The average Bonchev–Trinajstić information content (AvgIpc) is 2.51. The number of halogens is 1. The summed E-state index contributed by atoms with van der Waals surface area (Å²) in [6.07, 6.45) is 2.93. The summed E-state index contributed by atoms with van der Waals surface area (Å²) in [5, 5.41) is 0. The van der Waals surface area contributed by atoms with Crippen molar-refractivity contribution in [3.63, 3.8) is 0 Å². The molecule has 21 heavy (non-hydrogen) atoms. The predicted octanol–water partition coefficient (Wildman–Crippen LogP) is 4.59. The molecule has 3 nitrogen and oxygen atoms in total. The van der Waals surface area contributed by atoms with Crippen molar-refractivity contribution in [2.75, 3.05) is 19.8 Å². The van der Waals surface area contributed by atoms with E-state index in [-0.39, 0.29) is 0 Å². The Kier molecular flexibility index (Phi) is 9.75. The molecule has 0 aliphatic heterocycles. The van der Waals surface area contributed by atoms with E-state index in [9.17, 15) is 0 Å². The first-order chi connectivity index (χ1) is 10.2. The Morgan fingerprint density at radius 1 is 0.857 bits per heavy atom. The molecule has 0 aliphatic carbocycles. The van der Waals surface area contributed by atoms with Crippen LogP contribution in [-0.4, -0.2) is 28.6 Å². The monoisotopic (exact) mass is 422 g/mol. The summed E-state index contributed by atoms with van der Waals surface area (Å²) in [4.78, 5) is 0. The van der Waals surface area contributed by atoms with E-state index < -0.39 is 8.80 Å². The molecule has 0 heterocycles. The Labute approximate surface area is 143 Å².